The summed E-state index contributed by atoms with van der Waals surface area (Å²) >= 11 is 9.02. The van der Waals surface area contributed by atoms with Crippen LogP contribution in [0.15, 0.2) is 53.7 Å². The quantitative estimate of drug-likeness (QED) is 0.481. The summed E-state index contributed by atoms with van der Waals surface area (Å²) in [6, 6.07) is 15.1. The summed E-state index contributed by atoms with van der Waals surface area (Å²) in [5.41, 5.74) is 1.86. The van der Waals surface area contributed by atoms with E-state index in [1.807, 2.05) is 48.0 Å². The number of benzene rings is 2. The van der Waals surface area contributed by atoms with E-state index in [0.717, 1.165) is 22.4 Å². The number of anilines is 1. The Bertz CT molecular complexity index is 963. The Morgan fingerprint density at radius 3 is 2.66 bits per heavy atom. The van der Waals surface area contributed by atoms with Crippen LogP contribution in [-0.4, -0.2) is 33.5 Å². The molecule has 29 heavy (non-hydrogen) atoms. The lowest BCUT2D eigenvalue weighted by Crippen LogP contribution is -2.15. The SMILES string of the molecule is COc1ccccc1NC(=O)CSc1nnc(CSCc2ccc(Cl)cc2)n1C. The third-order valence-electron chi connectivity index (χ3n) is 4.05. The lowest BCUT2D eigenvalue weighted by atomic mass is 10.2. The van der Waals surface area contributed by atoms with Gasteiger partial charge in [0.1, 0.15) is 11.6 Å². The Labute approximate surface area is 183 Å². The van der Waals surface area contributed by atoms with Crippen molar-refractivity contribution in [2.24, 2.45) is 7.05 Å². The standard InChI is InChI=1S/C20H21ClN4O2S2/c1-25-18(12-28-11-14-7-9-15(21)10-8-14)23-24-20(25)29-13-19(26)22-16-5-3-4-6-17(16)27-2/h3-10H,11-13H2,1-2H3,(H,22,26). The number of nitrogens with zero attached hydrogens (tertiary/aromatic N) is 3. The van der Waals surface area contributed by atoms with Gasteiger partial charge in [-0.1, -0.05) is 47.6 Å². The zero-order chi connectivity index (χ0) is 20.6. The number of para-hydroxylation sites is 2. The maximum Gasteiger partial charge on any atom is 0.234 e. The van der Waals surface area contributed by atoms with Gasteiger partial charge in [0.15, 0.2) is 5.16 Å². The van der Waals surface area contributed by atoms with Crippen molar-refractivity contribution in [2.75, 3.05) is 18.2 Å². The van der Waals surface area contributed by atoms with Gasteiger partial charge < -0.3 is 14.6 Å². The van der Waals surface area contributed by atoms with Gasteiger partial charge in [0.25, 0.3) is 0 Å². The van der Waals surface area contributed by atoms with Crippen LogP contribution in [0, 0.1) is 0 Å². The maximum atomic E-state index is 12.3. The summed E-state index contributed by atoms with van der Waals surface area (Å²) in [7, 11) is 3.49. The van der Waals surface area contributed by atoms with Crippen molar-refractivity contribution in [3.63, 3.8) is 0 Å². The van der Waals surface area contributed by atoms with E-state index in [-0.39, 0.29) is 11.7 Å². The third kappa shape index (κ3) is 6.16. The molecule has 0 fully saturated rings. The molecule has 0 aliphatic heterocycles. The average Bonchev–Trinajstić information content (AvgIpc) is 3.08. The fourth-order valence-electron chi connectivity index (χ4n) is 2.50. The molecule has 9 heteroatoms. The highest BCUT2D eigenvalue weighted by Crippen LogP contribution is 2.24. The van der Waals surface area contributed by atoms with Gasteiger partial charge in [-0.15, -0.1) is 22.0 Å². The van der Waals surface area contributed by atoms with Gasteiger partial charge >= 0.3 is 0 Å². The average molecular weight is 449 g/mol. The van der Waals surface area contributed by atoms with E-state index in [9.17, 15) is 4.79 Å². The van der Waals surface area contributed by atoms with Crippen molar-refractivity contribution in [1.82, 2.24) is 14.8 Å². The molecule has 2 aromatic carbocycles. The van der Waals surface area contributed by atoms with Crippen molar-refractivity contribution in [2.45, 2.75) is 16.7 Å². The highest BCUT2D eigenvalue weighted by molar-refractivity contribution is 7.99. The molecule has 0 saturated carbocycles. The Morgan fingerprint density at radius 2 is 1.90 bits per heavy atom. The van der Waals surface area contributed by atoms with E-state index in [1.165, 1.54) is 17.3 Å². The summed E-state index contributed by atoms with van der Waals surface area (Å²) in [5, 5.41) is 12.8. The maximum absolute atomic E-state index is 12.3. The molecule has 1 heterocycles. The molecule has 1 amide bonds. The predicted molar refractivity (Wildman–Crippen MR) is 120 cm³/mol. The van der Waals surface area contributed by atoms with Crippen LogP contribution < -0.4 is 10.1 Å². The summed E-state index contributed by atoms with van der Waals surface area (Å²) in [4.78, 5) is 12.3. The van der Waals surface area contributed by atoms with Gasteiger partial charge in [-0.05, 0) is 29.8 Å². The lowest BCUT2D eigenvalue weighted by Gasteiger charge is -2.09. The molecule has 1 N–H and O–H groups in total. The second-order valence-electron chi connectivity index (χ2n) is 6.11. The zero-order valence-electron chi connectivity index (χ0n) is 16.1. The summed E-state index contributed by atoms with van der Waals surface area (Å²) in [6.07, 6.45) is 0. The zero-order valence-corrected chi connectivity index (χ0v) is 18.5. The van der Waals surface area contributed by atoms with Gasteiger partial charge in [-0.3, -0.25) is 4.79 Å². The molecule has 152 valence electrons. The molecule has 1 aromatic heterocycles. The number of carbonyl (C=O) groups excluding carboxylic acids is 1. The molecule has 0 radical (unpaired) electrons. The fourth-order valence-corrected chi connectivity index (χ4v) is 4.32. The number of halogens is 1. The van der Waals surface area contributed by atoms with E-state index >= 15 is 0 Å². The first-order valence-corrected chi connectivity index (χ1v) is 11.3. The normalized spacial score (nSPS) is 10.7. The molecule has 0 spiro atoms. The minimum atomic E-state index is -0.124. The van der Waals surface area contributed by atoms with Crippen LogP contribution in [0.3, 0.4) is 0 Å². The molecule has 0 aliphatic rings. The summed E-state index contributed by atoms with van der Waals surface area (Å²) in [5.74, 6) is 3.22. The number of aromatic nitrogens is 3. The largest absolute Gasteiger partial charge is 0.495 e. The van der Waals surface area contributed by atoms with Gasteiger partial charge in [0, 0.05) is 17.8 Å². The Balaban J connectivity index is 1.48. The number of hydrogen-bond donors (Lipinski definition) is 1. The smallest absolute Gasteiger partial charge is 0.234 e. The molecule has 0 aliphatic carbocycles. The van der Waals surface area contributed by atoms with E-state index in [2.05, 4.69) is 15.5 Å². The number of amides is 1. The first-order chi connectivity index (χ1) is 14.1. The van der Waals surface area contributed by atoms with Crippen LogP contribution in [0.1, 0.15) is 11.4 Å². The van der Waals surface area contributed by atoms with Crippen LogP contribution in [0.5, 0.6) is 5.75 Å². The Kier molecular flexibility index (Phi) is 7.85. The molecule has 0 bridgehead atoms. The number of hydrogen-bond acceptors (Lipinski definition) is 6. The summed E-state index contributed by atoms with van der Waals surface area (Å²) < 4.78 is 7.18. The minimum Gasteiger partial charge on any atom is -0.495 e. The van der Waals surface area contributed by atoms with Gasteiger partial charge in [-0.2, -0.15) is 0 Å². The highest BCUT2D eigenvalue weighted by Gasteiger charge is 2.13. The first kappa shape index (κ1) is 21.5. The van der Waals surface area contributed by atoms with Gasteiger partial charge in [0.2, 0.25) is 5.91 Å². The molecule has 6 nitrogen and oxygen atoms in total. The number of thioether (sulfide) groups is 2. The van der Waals surface area contributed by atoms with Crippen LogP contribution in [-0.2, 0) is 23.3 Å². The van der Waals surface area contributed by atoms with Crippen LogP contribution in [0.25, 0.3) is 0 Å². The monoisotopic (exact) mass is 448 g/mol. The third-order valence-corrected chi connectivity index (χ3v) is 6.32. The second kappa shape index (κ2) is 10.6. The van der Waals surface area contributed by atoms with E-state index in [1.54, 1.807) is 31.0 Å². The van der Waals surface area contributed by atoms with Crippen LogP contribution in [0.2, 0.25) is 5.02 Å². The van der Waals surface area contributed by atoms with Crippen LogP contribution in [0.4, 0.5) is 5.69 Å². The lowest BCUT2D eigenvalue weighted by molar-refractivity contribution is -0.113. The molecule has 3 rings (SSSR count). The van der Waals surface area contributed by atoms with Crippen molar-refractivity contribution >= 4 is 46.7 Å². The van der Waals surface area contributed by atoms with Crippen molar-refractivity contribution in [1.29, 1.82) is 0 Å². The molecule has 3 aromatic rings. The Hall–Kier alpha value is -2.16. The number of rotatable bonds is 9. The number of ether oxygens (including phenoxy) is 1. The minimum absolute atomic E-state index is 0.124. The van der Waals surface area contributed by atoms with E-state index in [0.29, 0.717) is 16.6 Å². The molecular formula is C20H21ClN4O2S2. The van der Waals surface area contributed by atoms with E-state index in [4.69, 9.17) is 16.3 Å². The van der Waals surface area contributed by atoms with Crippen LogP contribution >= 0.6 is 35.1 Å². The van der Waals surface area contributed by atoms with Crippen molar-refractivity contribution < 1.29 is 9.53 Å². The number of carbonyl (C=O) groups is 1. The van der Waals surface area contributed by atoms with E-state index < -0.39 is 0 Å². The first-order valence-electron chi connectivity index (χ1n) is 8.83. The molecule has 0 atom stereocenters. The Morgan fingerprint density at radius 1 is 1.14 bits per heavy atom. The molecular weight excluding hydrogens is 428 g/mol. The van der Waals surface area contributed by atoms with Gasteiger partial charge in [0.05, 0.1) is 24.3 Å². The van der Waals surface area contributed by atoms with Gasteiger partial charge in [-0.25, -0.2) is 0 Å². The molecule has 0 unspecified atom stereocenters. The van der Waals surface area contributed by atoms with Crippen molar-refractivity contribution in [3.8, 4) is 5.75 Å². The second-order valence-corrected chi connectivity index (χ2v) is 8.48. The summed E-state index contributed by atoms with van der Waals surface area (Å²) in [6.45, 7) is 0. The highest BCUT2D eigenvalue weighted by atomic mass is 35.5. The number of methoxy groups -OCH3 is 1. The number of nitrogens with one attached hydrogen (secondary N) is 1. The predicted octanol–water partition coefficient (Wildman–Crippen LogP) is 4.64. The topological polar surface area (TPSA) is 69.0 Å². The molecule has 0 saturated heterocycles. The fraction of sp³-hybridized carbons (Fsp3) is 0.250. The van der Waals surface area contributed by atoms with Crippen molar-refractivity contribution in [3.05, 3.63) is 64.9 Å².